The molecule has 0 fully saturated rings. The van der Waals surface area contributed by atoms with Crippen LogP contribution < -0.4 is 29.6 Å². The zero-order valence-corrected chi connectivity index (χ0v) is 27.3. The quantitative estimate of drug-likeness (QED) is 0.332. The minimum Gasteiger partial charge on any atom is -0.493 e. The summed E-state index contributed by atoms with van der Waals surface area (Å²) in [7, 11) is 1.52. The highest BCUT2D eigenvalue weighted by atomic mass is 35.5. The molecule has 3 heterocycles. The minimum absolute atomic E-state index is 0.0579. The molecule has 2 aliphatic rings. The van der Waals surface area contributed by atoms with Crippen LogP contribution in [0.4, 0.5) is 0 Å². The van der Waals surface area contributed by atoms with Crippen molar-refractivity contribution < 1.29 is 33.3 Å². The number of fused-ring (bicyclic) bond motifs is 4. The largest absolute Gasteiger partial charge is 0.493 e. The number of hydrogen-bond acceptors (Lipinski definition) is 9. The van der Waals surface area contributed by atoms with E-state index in [1.807, 2.05) is 30.3 Å². The molecule has 0 unspecified atom stereocenters. The van der Waals surface area contributed by atoms with E-state index < -0.39 is 11.9 Å². The minimum atomic E-state index is -0.570. The topological polar surface area (TPSA) is 146 Å². The van der Waals surface area contributed by atoms with Crippen molar-refractivity contribution in [2.24, 2.45) is 0 Å². The summed E-state index contributed by atoms with van der Waals surface area (Å²) in [6, 6.07) is 17.1. The maximum atomic E-state index is 13.7. The van der Waals surface area contributed by atoms with Crippen LogP contribution in [0, 0.1) is 0 Å². The van der Waals surface area contributed by atoms with Crippen molar-refractivity contribution in [2.45, 2.75) is 25.9 Å². The van der Waals surface area contributed by atoms with Crippen LogP contribution in [0.2, 0.25) is 5.02 Å². The van der Waals surface area contributed by atoms with Gasteiger partial charge in [-0.05, 0) is 36.8 Å². The predicted octanol–water partition coefficient (Wildman–Crippen LogP) is 3.45. The summed E-state index contributed by atoms with van der Waals surface area (Å²) < 4.78 is 24.5. The zero-order chi connectivity index (χ0) is 33.6. The van der Waals surface area contributed by atoms with Crippen LogP contribution >= 0.6 is 11.6 Å². The van der Waals surface area contributed by atoms with Crippen LogP contribution in [0.5, 0.6) is 23.0 Å². The van der Waals surface area contributed by atoms with Gasteiger partial charge in [0.15, 0.2) is 28.8 Å². The van der Waals surface area contributed by atoms with Gasteiger partial charge in [-0.15, -0.1) is 0 Å². The second-order valence-corrected chi connectivity index (χ2v) is 11.6. The normalized spacial score (nSPS) is 16.9. The van der Waals surface area contributed by atoms with Crippen LogP contribution in [0.25, 0.3) is 11.4 Å². The Labute approximate surface area is 282 Å². The van der Waals surface area contributed by atoms with Crippen molar-refractivity contribution in [1.82, 2.24) is 30.3 Å². The smallest absolute Gasteiger partial charge is 0.251 e. The van der Waals surface area contributed by atoms with Gasteiger partial charge >= 0.3 is 0 Å². The number of nitrogens with one attached hydrogen (secondary N) is 2. The highest BCUT2D eigenvalue weighted by Gasteiger charge is 2.25. The number of methoxy groups -OCH3 is 1. The molecule has 2 aliphatic heterocycles. The van der Waals surface area contributed by atoms with E-state index in [-0.39, 0.29) is 51.0 Å². The lowest BCUT2D eigenvalue weighted by atomic mass is 10.1. The molecule has 6 rings (SSSR count). The molecular weight excluding hydrogens is 640 g/mol. The third-order valence-electron chi connectivity index (χ3n) is 7.89. The van der Waals surface area contributed by atoms with Gasteiger partial charge in [0.25, 0.3) is 5.91 Å². The lowest BCUT2D eigenvalue weighted by Crippen LogP contribution is -2.45. The SMILES string of the molecule is COc1ccc2cc1OCCn1nc(-c3ccccc3)nc1[C@@H](C)NC(=O)CN(C(=O)Cc1cc3c(cc1Cl)OCCO3)CCNC2=O. The van der Waals surface area contributed by atoms with Crippen LogP contribution in [0.3, 0.4) is 0 Å². The second kappa shape index (κ2) is 14.6. The van der Waals surface area contributed by atoms with Gasteiger partial charge in [-0.25, -0.2) is 9.67 Å². The molecule has 0 spiro atoms. The molecule has 13 nitrogen and oxygen atoms in total. The van der Waals surface area contributed by atoms with Gasteiger partial charge in [-0.2, -0.15) is 5.10 Å². The number of rotatable bonds is 4. The van der Waals surface area contributed by atoms with Crippen molar-refractivity contribution in [3.63, 3.8) is 0 Å². The summed E-state index contributed by atoms with van der Waals surface area (Å²) in [4.78, 5) is 46.4. The molecule has 0 aliphatic carbocycles. The first-order chi connectivity index (χ1) is 23.3. The molecule has 0 saturated heterocycles. The van der Waals surface area contributed by atoms with Crippen LogP contribution in [-0.2, 0) is 22.6 Å². The zero-order valence-electron chi connectivity index (χ0n) is 26.5. The highest BCUT2D eigenvalue weighted by molar-refractivity contribution is 6.31. The molecule has 3 aromatic carbocycles. The summed E-state index contributed by atoms with van der Waals surface area (Å²) in [5.74, 6) is 1.70. The summed E-state index contributed by atoms with van der Waals surface area (Å²) >= 11 is 6.50. The van der Waals surface area contributed by atoms with E-state index in [1.165, 1.54) is 12.0 Å². The van der Waals surface area contributed by atoms with E-state index >= 15 is 0 Å². The Morgan fingerprint density at radius 1 is 0.958 bits per heavy atom. The molecule has 0 saturated carbocycles. The van der Waals surface area contributed by atoms with E-state index in [0.717, 1.165) is 5.56 Å². The van der Waals surface area contributed by atoms with Gasteiger partial charge in [-0.1, -0.05) is 41.9 Å². The van der Waals surface area contributed by atoms with Gasteiger partial charge in [0.05, 0.1) is 32.7 Å². The predicted molar refractivity (Wildman–Crippen MR) is 176 cm³/mol. The van der Waals surface area contributed by atoms with Gasteiger partial charge in [0, 0.05) is 35.3 Å². The lowest BCUT2D eigenvalue weighted by molar-refractivity contribution is -0.135. The standard InChI is InChI=1S/C34H35ClN6O7/c1-21-33-38-32(22-6-4-3-5-7-22)39-41(33)12-13-46-27-16-23(8-9-26(27)45-2)34(44)36-10-11-40(20-30(42)37-21)31(43)18-24-17-28-29(19-25(24)35)48-15-14-47-28/h3-9,16-17,19,21H,10-15,18,20H2,1-2H3,(H,36,44)(H,37,42)/t21-/m1/s1. The number of ether oxygens (including phenoxy) is 4. The Balaban J connectivity index is 1.29. The van der Waals surface area contributed by atoms with Crippen molar-refractivity contribution >= 4 is 29.3 Å². The van der Waals surface area contributed by atoms with Crippen LogP contribution in [0.15, 0.2) is 60.7 Å². The number of aromatic nitrogens is 3. The number of carbonyl (C=O) groups excluding carboxylic acids is 3. The van der Waals surface area contributed by atoms with E-state index in [1.54, 1.807) is 41.9 Å². The number of amides is 3. The van der Waals surface area contributed by atoms with Gasteiger partial charge < -0.3 is 34.5 Å². The lowest BCUT2D eigenvalue weighted by Gasteiger charge is -2.24. The maximum absolute atomic E-state index is 13.7. The molecule has 14 heteroatoms. The third kappa shape index (κ3) is 7.46. The first-order valence-corrected chi connectivity index (χ1v) is 15.9. The van der Waals surface area contributed by atoms with Gasteiger partial charge in [-0.3, -0.25) is 14.4 Å². The van der Waals surface area contributed by atoms with E-state index in [9.17, 15) is 14.4 Å². The fraction of sp³-hybridized carbons (Fsp3) is 0.324. The van der Waals surface area contributed by atoms with Gasteiger partial charge in [0.1, 0.15) is 25.6 Å². The Morgan fingerprint density at radius 2 is 1.71 bits per heavy atom. The molecule has 1 atom stereocenters. The number of nitrogens with zero attached hydrogens (tertiary/aromatic N) is 4. The second-order valence-electron chi connectivity index (χ2n) is 11.2. The number of halogens is 1. The molecule has 0 radical (unpaired) electrons. The third-order valence-corrected chi connectivity index (χ3v) is 8.24. The summed E-state index contributed by atoms with van der Waals surface area (Å²) in [5, 5.41) is 10.8. The Morgan fingerprint density at radius 3 is 2.48 bits per heavy atom. The Hall–Kier alpha value is -5.30. The first-order valence-electron chi connectivity index (χ1n) is 15.5. The van der Waals surface area contributed by atoms with E-state index in [0.29, 0.717) is 64.0 Å². The fourth-order valence-electron chi connectivity index (χ4n) is 5.46. The Kier molecular flexibility index (Phi) is 9.95. The molecule has 3 amide bonds. The van der Waals surface area contributed by atoms with E-state index in [2.05, 4.69) is 10.6 Å². The number of benzene rings is 3. The highest BCUT2D eigenvalue weighted by Crippen LogP contribution is 2.36. The van der Waals surface area contributed by atoms with Crippen molar-refractivity contribution in [3.05, 3.63) is 82.6 Å². The average Bonchev–Trinajstić information content (AvgIpc) is 3.52. The summed E-state index contributed by atoms with van der Waals surface area (Å²) in [5.41, 5.74) is 1.68. The molecule has 2 N–H and O–H groups in total. The average molecular weight is 675 g/mol. The van der Waals surface area contributed by atoms with Crippen LogP contribution in [-0.4, -0.2) is 84.0 Å². The van der Waals surface area contributed by atoms with E-state index in [4.69, 9.17) is 40.6 Å². The molecule has 250 valence electrons. The molecular formula is C34H35ClN6O7. The number of carbonyl (C=O) groups is 3. The first kappa shape index (κ1) is 32.6. The molecule has 48 heavy (non-hydrogen) atoms. The molecule has 4 aromatic rings. The number of hydrogen-bond donors (Lipinski definition) is 2. The van der Waals surface area contributed by atoms with Gasteiger partial charge in [0.2, 0.25) is 11.8 Å². The molecule has 2 bridgehead atoms. The monoisotopic (exact) mass is 674 g/mol. The van der Waals surface area contributed by atoms with Crippen molar-refractivity contribution in [3.8, 4) is 34.4 Å². The Bertz CT molecular complexity index is 1820. The van der Waals surface area contributed by atoms with Crippen molar-refractivity contribution in [1.29, 1.82) is 0 Å². The van der Waals surface area contributed by atoms with Crippen molar-refractivity contribution in [2.75, 3.05) is 46.6 Å². The fourth-order valence-corrected chi connectivity index (χ4v) is 5.68. The summed E-state index contributed by atoms with van der Waals surface area (Å²) in [6.07, 6.45) is -0.0970. The summed E-state index contributed by atoms with van der Waals surface area (Å²) in [6.45, 7) is 2.93. The maximum Gasteiger partial charge on any atom is 0.251 e. The molecule has 1 aromatic heterocycles. The van der Waals surface area contributed by atoms with Crippen LogP contribution in [0.1, 0.15) is 34.7 Å².